The van der Waals surface area contributed by atoms with Gasteiger partial charge in [0.2, 0.25) is 11.9 Å². The molecular weight excluding hydrogens is 322 g/mol. The predicted octanol–water partition coefficient (Wildman–Crippen LogP) is 2.02. The lowest BCUT2D eigenvalue weighted by atomic mass is 10.3. The first-order valence-electron chi connectivity index (χ1n) is 6.78. The van der Waals surface area contributed by atoms with Crippen LogP contribution in [0.1, 0.15) is 27.7 Å². The topological polar surface area (TPSA) is 70.2 Å². The zero-order valence-electron chi connectivity index (χ0n) is 12.4. The number of likely N-dealkylation sites (N-methyl/N-ethyl adjacent to an activating group) is 1. The van der Waals surface area contributed by atoms with E-state index in [9.17, 15) is 4.79 Å². The molecule has 0 saturated carbocycles. The monoisotopic (exact) mass is 343 g/mol. The van der Waals surface area contributed by atoms with Gasteiger partial charge in [-0.3, -0.25) is 4.79 Å². The smallest absolute Gasteiger partial charge is 0.239 e. The number of halogens is 1. The van der Waals surface area contributed by atoms with E-state index in [4.69, 9.17) is 0 Å². The fraction of sp³-hybridized carbons (Fsp3) is 0.615. The second kappa shape index (κ2) is 8.04. The maximum absolute atomic E-state index is 11.9. The zero-order valence-corrected chi connectivity index (χ0v) is 14.0. The van der Waals surface area contributed by atoms with Gasteiger partial charge in [-0.1, -0.05) is 0 Å². The maximum Gasteiger partial charge on any atom is 0.239 e. The third kappa shape index (κ3) is 4.96. The number of carbonyl (C=O) groups is 1. The number of aromatic nitrogens is 2. The molecule has 0 saturated heterocycles. The van der Waals surface area contributed by atoms with Gasteiger partial charge in [-0.15, -0.1) is 0 Å². The summed E-state index contributed by atoms with van der Waals surface area (Å²) >= 11 is 3.44. The third-order valence-electron chi connectivity index (χ3n) is 2.53. The fourth-order valence-corrected chi connectivity index (χ4v) is 2.14. The van der Waals surface area contributed by atoms with Crippen LogP contribution in [0.15, 0.2) is 10.7 Å². The van der Waals surface area contributed by atoms with Crippen LogP contribution in [0.25, 0.3) is 0 Å². The second-order valence-electron chi connectivity index (χ2n) is 4.63. The highest BCUT2D eigenvalue weighted by atomic mass is 79.9. The largest absolute Gasteiger partial charge is 0.354 e. The van der Waals surface area contributed by atoms with Crippen LogP contribution in [0.5, 0.6) is 0 Å². The average molecular weight is 344 g/mol. The van der Waals surface area contributed by atoms with E-state index in [-0.39, 0.29) is 18.5 Å². The lowest BCUT2D eigenvalue weighted by Crippen LogP contribution is -2.40. The van der Waals surface area contributed by atoms with E-state index >= 15 is 0 Å². The van der Waals surface area contributed by atoms with Crippen molar-refractivity contribution in [3.05, 3.63) is 10.7 Å². The van der Waals surface area contributed by atoms with Crippen molar-refractivity contribution in [1.82, 2.24) is 15.3 Å². The average Bonchev–Trinajstić information content (AvgIpc) is 2.38. The fourth-order valence-electron chi connectivity index (χ4n) is 1.70. The summed E-state index contributed by atoms with van der Waals surface area (Å²) in [5, 5.41) is 5.95. The number of rotatable bonds is 7. The number of hydrogen-bond donors (Lipinski definition) is 2. The molecule has 1 rings (SSSR count). The van der Waals surface area contributed by atoms with Crippen LogP contribution < -0.4 is 15.5 Å². The van der Waals surface area contributed by atoms with Crippen LogP contribution in [-0.4, -0.2) is 41.6 Å². The summed E-state index contributed by atoms with van der Waals surface area (Å²) in [6, 6.07) is 0.132. The maximum atomic E-state index is 11.9. The molecule has 0 aliphatic carbocycles. The number of hydrogen-bond acceptors (Lipinski definition) is 5. The van der Waals surface area contributed by atoms with Crippen LogP contribution in [0.2, 0.25) is 0 Å². The Balaban J connectivity index is 2.88. The molecule has 1 amide bonds. The Kier molecular flexibility index (Phi) is 6.70. The Morgan fingerprint density at radius 3 is 2.70 bits per heavy atom. The summed E-state index contributed by atoms with van der Waals surface area (Å²) in [5.41, 5.74) is 0. The molecule has 1 aromatic rings. The molecule has 1 aromatic heterocycles. The Bertz CT molecular complexity index is 452. The molecular formula is C13H22BrN5O. The van der Waals surface area contributed by atoms with E-state index in [0.717, 1.165) is 16.8 Å². The van der Waals surface area contributed by atoms with E-state index in [2.05, 4.69) is 36.5 Å². The van der Waals surface area contributed by atoms with Crippen molar-refractivity contribution in [3.8, 4) is 0 Å². The Labute approximate surface area is 128 Å². The summed E-state index contributed by atoms with van der Waals surface area (Å²) in [4.78, 5) is 22.4. The van der Waals surface area contributed by atoms with E-state index in [0.29, 0.717) is 12.5 Å². The van der Waals surface area contributed by atoms with Gasteiger partial charge in [0, 0.05) is 25.3 Å². The molecule has 6 nitrogen and oxygen atoms in total. The molecule has 2 N–H and O–H groups in total. The lowest BCUT2D eigenvalue weighted by molar-refractivity contribution is -0.120. The van der Waals surface area contributed by atoms with Crippen LogP contribution in [0.3, 0.4) is 0 Å². The molecule has 20 heavy (non-hydrogen) atoms. The van der Waals surface area contributed by atoms with E-state index in [1.54, 1.807) is 6.20 Å². The molecule has 0 atom stereocenters. The molecule has 0 radical (unpaired) electrons. The predicted molar refractivity (Wildman–Crippen MR) is 85.1 cm³/mol. The molecule has 0 fully saturated rings. The molecule has 0 bridgehead atoms. The summed E-state index contributed by atoms with van der Waals surface area (Å²) in [7, 11) is 0. The highest BCUT2D eigenvalue weighted by Crippen LogP contribution is 2.24. The molecule has 1 heterocycles. The number of amides is 1. The van der Waals surface area contributed by atoms with Crippen molar-refractivity contribution in [3.63, 3.8) is 0 Å². The summed E-state index contributed by atoms with van der Waals surface area (Å²) < 4.78 is 0.776. The van der Waals surface area contributed by atoms with Gasteiger partial charge in [0.05, 0.1) is 11.0 Å². The highest BCUT2D eigenvalue weighted by molar-refractivity contribution is 9.10. The molecule has 0 spiro atoms. The van der Waals surface area contributed by atoms with Crippen molar-refractivity contribution in [2.75, 3.05) is 29.9 Å². The van der Waals surface area contributed by atoms with Gasteiger partial charge in [0.1, 0.15) is 5.82 Å². The number of nitrogens with one attached hydrogen (secondary N) is 2. The molecule has 7 heteroatoms. The zero-order chi connectivity index (χ0) is 15.1. The SMILES string of the molecule is CCNc1ncc(Br)c(N(CC)CC(=O)NC(C)C)n1. The minimum absolute atomic E-state index is 0.0163. The number of nitrogens with zero attached hydrogens (tertiary/aromatic N) is 3. The highest BCUT2D eigenvalue weighted by Gasteiger charge is 2.15. The quantitative estimate of drug-likeness (QED) is 0.792. The standard InChI is InChI=1S/C13H22BrN5O/c1-5-15-13-16-7-10(14)12(18-13)19(6-2)8-11(20)17-9(3)4/h7,9H,5-6,8H2,1-4H3,(H,17,20)(H,15,16,18). The molecule has 0 unspecified atom stereocenters. The Hall–Kier alpha value is -1.37. The van der Waals surface area contributed by atoms with Crippen LogP contribution in [0.4, 0.5) is 11.8 Å². The number of anilines is 2. The van der Waals surface area contributed by atoms with Crippen molar-refractivity contribution < 1.29 is 4.79 Å². The Morgan fingerprint density at radius 2 is 2.15 bits per heavy atom. The molecule has 0 aromatic carbocycles. The van der Waals surface area contributed by atoms with Crippen molar-refractivity contribution in [2.45, 2.75) is 33.7 Å². The van der Waals surface area contributed by atoms with Crippen molar-refractivity contribution >= 4 is 33.6 Å². The van der Waals surface area contributed by atoms with Crippen LogP contribution >= 0.6 is 15.9 Å². The minimum atomic E-state index is -0.0163. The normalized spacial score (nSPS) is 10.5. The van der Waals surface area contributed by atoms with Gasteiger partial charge in [0.25, 0.3) is 0 Å². The van der Waals surface area contributed by atoms with Gasteiger partial charge in [0.15, 0.2) is 0 Å². The van der Waals surface area contributed by atoms with Gasteiger partial charge in [-0.05, 0) is 43.6 Å². The van der Waals surface area contributed by atoms with Crippen LogP contribution in [-0.2, 0) is 4.79 Å². The van der Waals surface area contributed by atoms with E-state index in [1.165, 1.54) is 0 Å². The second-order valence-corrected chi connectivity index (χ2v) is 5.49. The molecule has 0 aliphatic rings. The first kappa shape index (κ1) is 16.7. The minimum Gasteiger partial charge on any atom is -0.354 e. The van der Waals surface area contributed by atoms with Crippen molar-refractivity contribution in [2.24, 2.45) is 0 Å². The molecule has 112 valence electrons. The molecule has 0 aliphatic heterocycles. The van der Waals surface area contributed by atoms with E-state index in [1.807, 2.05) is 32.6 Å². The van der Waals surface area contributed by atoms with Gasteiger partial charge < -0.3 is 15.5 Å². The van der Waals surface area contributed by atoms with Crippen LogP contribution in [0, 0.1) is 0 Å². The number of carbonyl (C=O) groups excluding carboxylic acids is 1. The summed E-state index contributed by atoms with van der Waals surface area (Å²) in [6.07, 6.45) is 1.70. The van der Waals surface area contributed by atoms with Crippen molar-refractivity contribution in [1.29, 1.82) is 0 Å². The van der Waals surface area contributed by atoms with Gasteiger partial charge >= 0.3 is 0 Å². The summed E-state index contributed by atoms with van der Waals surface area (Å²) in [5.74, 6) is 1.27. The first-order valence-corrected chi connectivity index (χ1v) is 7.57. The van der Waals surface area contributed by atoms with Gasteiger partial charge in [-0.2, -0.15) is 4.98 Å². The third-order valence-corrected chi connectivity index (χ3v) is 3.09. The van der Waals surface area contributed by atoms with E-state index < -0.39 is 0 Å². The summed E-state index contributed by atoms with van der Waals surface area (Å²) in [6.45, 7) is 9.57. The van der Waals surface area contributed by atoms with Gasteiger partial charge in [-0.25, -0.2) is 4.98 Å². The lowest BCUT2D eigenvalue weighted by Gasteiger charge is -2.23. The Morgan fingerprint density at radius 1 is 1.45 bits per heavy atom. The first-order chi connectivity index (χ1) is 9.47.